The molecular weight excluding hydrogens is 447 g/mol. The lowest BCUT2D eigenvalue weighted by Gasteiger charge is -2.11. The fraction of sp³-hybridized carbons (Fsp3) is 0.0500. The predicted molar refractivity (Wildman–Crippen MR) is 116 cm³/mol. The maximum atomic E-state index is 11.0. The second kappa shape index (κ2) is 9.88. The van der Waals surface area contributed by atoms with E-state index in [2.05, 4.69) is 15.5 Å². The molecule has 31 heavy (non-hydrogen) atoms. The highest BCUT2D eigenvalue weighted by Crippen LogP contribution is 2.34. The molecule has 0 saturated carbocycles. The smallest absolute Gasteiger partial charge is 0.335 e. The fourth-order valence-corrected chi connectivity index (χ4v) is 3.10. The lowest BCUT2D eigenvalue weighted by atomic mass is 10.1. The number of carbonyl (C=O) groups is 1. The zero-order chi connectivity index (χ0) is 22.4. The summed E-state index contributed by atoms with van der Waals surface area (Å²) in [6.45, 7) is 0.137. The van der Waals surface area contributed by atoms with Gasteiger partial charge in [0.25, 0.3) is 0 Å². The molecule has 2 N–H and O–H groups in total. The molecule has 11 heteroatoms. The molecule has 1 aromatic heterocycles. The van der Waals surface area contributed by atoms with Crippen LogP contribution in [0.15, 0.2) is 59.8 Å². The van der Waals surface area contributed by atoms with Crippen molar-refractivity contribution in [1.82, 2.24) is 4.98 Å². The number of nitro groups is 1. The Bertz CT molecular complexity index is 1130. The number of carboxylic acid groups (broad SMARTS) is 1. The average molecular weight is 461 g/mol. The minimum Gasteiger partial charge on any atom is -0.486 e. The number of aromatic carboxylic acids is 1. The number of rotatable bonds is 8. The Morgan fingerprint density at radius 1 is 1.23 bits per heavy atom. The first kappa shape index (κ1) is 22.0. The van der Waals surface area contributed by atoms with Crippen LogP contribution in [-0.4, -0.2) is 27.2 Å². The standard InChI is InChI=1S/C20H14Cl2N4O5/c21-15-8-13(10-24-25-19-17(26(29)30)2-1-7-23-19)9-16(22)18(15)31-11-12-3-5-14(6-4-12)20(27)28/h1-10H,11H2,(H,23,25)(H,27,28)/b24-10-. The molecule has 0 bridgehead atoms. The van der Waals surface area contributed by atoms with Crippen LogP contribution >= 0.6 is 23.2 Å². The van der Waals surface area contributed by atoms with Crippen LogP contribution < -0.4 is 10.2 Å². The predicted octanol–water partition coefficient (Wildman–Crippen LogP) is 5.02. The summed E-state index contributed by atoms with van der Waals surface area (Å²) >= 11 is 12.5. The van der Waals surface area contributed by atoms with Crippen LogP contribution in [0.5, 0.6) is 5.75 Å². The lowest BCUT2D eigenvalue weighted by Crippen LogP contribution is -2.00. The molecule has 1 heterocycles. The summed E-state index contributed by atoms with van der Waals surface area (Å²) in [7, 11) is 0. The van der Waals surface area contributed by atoms with Crippen LogP contribution in [0.25, 0.3) is 0 Å². The molecule has 0 fully saturated rings. The third kappa shape index (κ3) is 5.68. The zero-order valence-corrected chi connectivity index (χ0v) is 17.2. The molecule has 0 radical (unpaired) electrons. The SMILES string of the molecule is O=C(O)c1ccc(COc2c(Cl)cc(/C=N\Nc3ncccc3[N+](=O)[O-])cc2Cl)cc1. The first-order chi connectivity index (χ1) is 14.8. The van der Waals surface area contributed by atoms with Crippen molar-refractivity contribution < 1.29 is 19.6 Å². The van der Waals surface area contributed by atoms with Crippen molar-refractivity contribution in [3.05, 3.63) is 91.6 Å². The van der Waals surface area contributed by atoms with Gasteiger partial charge in [0.1, 0.15) is 6.61 Å². The maximum absolute atomic E-state index is 11.0. The van der Waals surface area contributed by atoms with Gasteiger partial charge < -0.3 is 9.84 Å². The summed E-state index contributed by atoms with van der Waals surface area (Å²) in [5.74, 6) is -0.756. The Kier molecular flexibility index (Phi) is 7.01. The Morgan fingerprint density at radius 3 is 2.52 bits per heavy atom. The number of aromatic nitrogens is 1. The molecule has 0 aliphatic rings. The summed E-state index contributed by atoms with van der Waals surface area (Å²) in [5.41, 5.74) is 3.74. The second-order valence-electron chi connectivity index (χ2n) is 6.10. The van der Waals surface area contributed by atoms with E-state index in [0.29, 0.717) is 5.56 Å². The molecule has 0 aliphatic carbocycles. The van der Waals surface area contributed by atoms with E-state index >= 15 is 0 Å². The number of hydrogen-bond acceptors (Lipinski definition) is 7. The van der Waals surface area contributed by atoms with E-state index < -0.39 is 10.9 Å². The molecule has 9 nitrogen and oxygen atoms in total. The van der Waals surface area contributed by atoms with Crippen LogP contribution in [0.1, 0.15) is 21.5 Å². The minimum atomic E-state index is -1.01. The monoisotopic (exact) mass is 460 g/mol. The molecule has 2 aromatic carbocycles. The number of hydrazone groups is 1. The highest BCUT2D eigenvalue weighted by atomic mass is 35.5. The van der Waals surface area contributed by atoms with E-state index in [0.717, 1.165) is 5.56 Å². The minimum absolute atomic E-state index is 0.00480. The molecule has 0 spiro atoms. The van der Waals surface area contributed by atoms with E-state index in [-0.39, 0.29) is 39.5 Å². The van der Waals surface area contributed by atoms with Crippen LogP contribution in [0.2, 0.25) is 10.0 Å². The van der Waals surface area contributed by atoms with Crippen molar-refractivity contribution in [2.24, 2.45) is 5.10 Å². The van der Waals surface area contributed by atoms with Gasteiger partial charge in [0.05, 0.1) is 26.7 Å². The van der Waals surface area contributed by atoms with E-state index in [9.17, 15) is 14.9 Å². The van der Waals surface area contributed by atoms with E-state index in [1.807, 2.05) is 0 Å². The first-order valence-corrected chi connectivity index (χ1v) is 9.43. The van der Waals surface area contributed by atoms with E-state index in [1.165, 1.54) is 36.7 Å². The van der Waals surface area contributed by atoms with Gasteiger partial charge in [0.15, 0.2) is 5.75 Å². The fourth-order valence-electron chi connectivity index (χ4n) is 2.49. The normalized spacial score (nSPS) is 10.8. The second-order valence-corrected chi connectivity index (χ2v) is 6.92. The molecule has 0 aliphatic heterocycles. The topological polar surface area (TPSA) is 127 Å². The number of nitrogens with one attached hydrogen (secondary N) is 1. The van der Waals surface area contributed by atoms with Gasteiger partial charge in [-0.15, -0.1) is 0 Å². The molecule has 0 amide bonds. The largest absolute Gasteiger partial charge is 0.486 e. The van der Waals surface area contributed by atoms with Crippen molar-refractivity contribution in [2.45, 2.75) is 6.61 Å². The Balaban J connectivity index is 1.68. The molecule has 3 rings (SSSR count). The summed E-state index contributed by atoms with van der Waals surface area (Å²) in [6, 6.07) is 12.1. The van der Waals surface area contributed by atoms with E-state index in [4.69, 9.17) is 33.0 Å². The quantitative estimate of drug-likeness (QED) is 0.274. The zero-order valence-electron chi connectivity index (χ0n) is 15.7. The van der Waals surface area contributed by atoms with Gasteiger partial charge in [-0.3, -0.25) is 15.5 Å². The molecule has 3 aromatic rings. The van der Waals surface area contributed by atoms with Crippen molar-refractivity contribution >= 4 is 46.9 Å². The van der Waals surface area contributed by atoms with Crippen molar-refractivity contribution in [1.29, 1.82) is 0 Å². The Hall–Kier alpha value is -3.69. The van der Waals surface area contributed by atoms with Gasteiger partial charge in [-0.05, 0) is 41.5 Å². The lowest BCUT2D eigenvalue weighted by molar-refractivity contribution is -0.384. The van der Waals surface area contributed by atoms with Crippen LogP contribution in [0.4, 0.5) is 11.5 Å². The third-order valence-corrected chi connectivity index (χ3v) is 4.53. The van der Waals surface area contributed by atoms with Crippen molar-refractivity contribution in [2.75, 3.05) is 5.43 Å². The van der Waals surface area contributed by atoms with Crippen LogP contribution in [0.3, 0.4) is 0 Å². The number of hydrogen-bond donors (Lipinski definition) is 2. The van der Waals surface area contributed by atoms with Crippen molar-refractivity contribution in [3.8, 4) is 5.75 Å². The van der Waals surface area contributed by atoms with Crippen molar-refractivity contribution in [3.63, 3.8) is 0 Å². The summed E-state index contributed by atoms with van der Waals surface area (Å²) in [4.78, 5) is 25.2. The highest BCUT2D eigenvalue weighted by molar-refractivity contribution is 6.37. The molecule has 0 saturated heterocycles. The van der Waals surface area contributed by atoms with Crippen LogP contribution in [0, 0.1) is 10.1 Å². The van der Waals surface area contributed by atoms with Gasteiger partial charge in [-0.1, -0.05) is 35.3 Å². The summed E-state index contributed by atoms with van der Waals surface area (Å²) < 4.78 is 5.67. The number of carboxylic acids is 1. The number of pyridine rings is 1. The van der Waals surface area contributed by atoms with E-state index in [1.54, 1.807) is 24.3 Å². The number of anilines is 1. The van der Waals surface area contributed by atoms with Gasteiger partial charge in [0.2, 0.25) is 5.82 Å². The molecule has 0 unspecified atom stereocenters. The molecular formula is C20H14Cl2N4O5. The van der Waals surface area contributed by atoms with Gasteiger partial charge in [-0.2, -0.15) is 5.10 Å². The number of benzene rings is 2. The third-order valence-electron chi connectivity index (χ3n) is 3.97. The molecule has 0 atom stereocenters. The number of ether oxygens (including phenoxy) is 1. The summed E-state index contributed by atoms with van der Waals surface area (Å²) in [5, 5.41) is 24.3. The summed E-state index contributed by atoms with van der Waals surface area (Å²) in [6.07, 6.45) is 2.78. The van der Waals surface area contributed by atoms with Gasteiger partial charge in [0, 0.05) is 12.3 Å². The van der Waals surface area contributed by atoms with Crippen LogP contribution in [-0.2, 0) is 6.61 Å². The Labute approximate surface area is 186 Å². The van der Waals surface area contributed by atoms with Gasteiger partial charge >= 0.3 is 11.7 Å². The first-order valence-electron chi connectivity index (χ1n) is 8.67. The van der Waals surface area contributed by atoms with Gasteiger partial charge in [-0.25, -0.2) is 9.78 Å². The number of halogens is 2. The number of nitrogens with zero attached hydrogens (tertiary/aromatic N) is 3. The maximum Gasteiger partial charge on any atom is 0.335 e. The molecule has 158 valence electrons. The average Bonchev–Trinajstić information content (AvgIpc) is 2.73. The highest BCUT2D eigenvalue weighted by Gasteiger charge is 2.13. The Morgan fingerprint density at radius 2 is 1.90 bits per heavy atom.